The fourth-order valence-corrected chi connectivity index (χ4v) is 1.66. The number of aromatic nitrogens is 1. The first-order valence-corrected chi connectivity index (χ1v) is 5.52. The highest BCUT2D eigenvalue weighted by molar-refractivity contribution is 5.88. The maximum absolute atomic E-state index is 10.8. The Balaban J connectivity index is 1.90. The van der Waals surface area contributed by atoms with Crippen molar-refractivity contribution < 1.29 is 18.8 Å². The zero-order chi connectivity index (χ0) is 13.1. The van der Waals surface area contributed by atoms with Crippen LogP contribution >= 0.6 is 0 Å². The van der Waals surface area contributed by atoms with E-state index in [1.807, 2.05) is 13.0 Å². The van der Waals surface area contributed by atoms with E-state index in [9.17, 15) is 4.79 Å². The molecular weight excluding hydrogens is 236 g/mol. The minimum absolute atomic E-state index is 0.198. The second-order valence-electron chi connectivity index (χ2n) is 4.02. The van der Waals surface area contributed by atoms with Crippen LogP contribution in [0, 0.1) is 13.8 Å². The molecule has 6 nitrogen and oxygen atoms in total. The lowest BCUT2D eigenvalue weighted by Gasteiger charge is -1.98. The normalized spacial score (nSPS) is 10.8. The van der Waals surface area contributed by atoms with Crippen LogP contribution in [-0.2, 0) is 13.1 Å². The standard InChI is InChI=1S/C12H14N2O4/c1-7-3-9(14-18-7)5-13-6-10-4-11(12(15)16)8(2)17-10/h3-4,13H,5-6H2,1-2H3,(H,15,16). The maximum atomic E-state index is 10.8. The van der Waals surface area contributed by atoms with Crippen molar-refractivity contribution in [3.63, 3.8) is 0 Å². The van der Waals surface area contributed by atoms with Crippen LogP contribution in [-0.4, -0.2) is 16.2 Å². The third-order valence-corrected chi connectivity index (χ3v) is 2.48. The first-order chi connectivity index (χ1) is 8.56. The number of carbonyl (C=O) groups is 1. The van der Waals surface area contributed by atoms with Crippen LogP contribution < -0.4 is 5.32 Å². The molecule has 0 unspecified atom stereocenters. The van der Waals surface area contributed by atoms with Gasteiger partial charge < -0.3 is 19.4 Å². The monoisotopic (exact) mass is 250 g/mol. The van der Waals surface area contributed by atoms with Gasteiger partial charge in [0, 0.05) is 12.6 Å². The number of aryl methyl sites for hydroxylation is 2. The fourth-order valence-electron chi connectivity index (χ4n) is 1.66. The minimum Gasteiger partial charge on any atom is -0.478 e. The summed E-state index contributed by atoms with van der Waals surface area (Å²) in [5, 5.41) is 15.8. The lowest BCUT2D eigenvalue weighted by molar-refractivity contribution is 0.0695. The number of aromatic carboxylic acids is 1. The number of rotatable bonds is 5. The van der Waals surface area contributed by atoms with Crippen LogP contribution in [0.2, 0.25) is 0 Å². The van der Waals surface area contributed by atoms with Crippen molar-refractivity contribution in [2.45, 2.75) is 26.9 Å². The fraction of sp³-hybridized carbons (Fsp3) is 0.333. The maximum Gasteiger partial charge on any atom is 0.339 e. The van der Waals surface area contributed by atoms with Crippen LogP contribution in [0.4, 0.5) is 0 Å². The highest BCUT2D eigenvalue weighted by Crippen LogP contribution is 2.14. The van der Waals surface area contributed by atoms with E-state index in [-0.39, 0.29) is 5.56 Å². The minimum atomic E-state index is -0.977. The number of hydrogen-bond acceptors (Lipinski definition) is 5. The molecule has 2 aromatic heterocycles. The summed E-state index contributed by atoms with van der Waals surface area (Å²) in [6.07, 6.45) is 0. The molecule has 96 valence electrons. The predicted molar refractivity (Wildman–Crippen MR) is 62.2 cm³/mol. The lowest BCUT2D eigenvalue weighted by Crippen LogP contribution is -2.12. The first kappa shape index (κ1) is 12.4. The van der Waals surface area contributed by atoms with Crippen LogP contribution in [0.3, 0.4) is 0 Å². The topological polar surface area (TPSA) is 88.5 Å². The molecule has 0 aromatic carbocycles. The van der Waals surface area contributed by atoms with Gasteiger partial charge in [-0.1, -0.05) is 5.16 Å². The highest BCUT2D eigenvalue weighted by Gasteiger charge is 2.13. The van der Waals surface area contributed by atoms with E-state index in [0.29, 0.717) is 24.6 Å². The molecule has 18 heavy (non-hydrogen) atoms. The van der Waals surface area contributed by atoms with Gasteiger partial charge in [0.15, 0.2) is 0 Å². The van der Waals surface area contributed by atoms with Crippen molar-refractivity contribution in [3.05, 3.63) is 40.7 Å². The van der Waals surface area contributed by atoms with Gasteiger partial charge in [0.1, 0.15) is 22.8 Å². The van der Waals surface area contributed by atoms with Gasteiger partial charge in [0.05, 0.1) is 12.2 Å². The molecule has 2 aromatic rings. The molecule has 0 spiro atoms. The summed E-state index contributed by atoms with van der Waals surface area (Å²) in [6, 6.07) is 3.36. The van der Waals surface area contributed by atoms with Crippen molar-refractivity contribution in [3.8, 4) is 0 Å². The van der Waals surface area contributed by atoms with E-state index in [0.717, 1.165) is 11.5 Å². The van der Waals surface area contributed by atoms with Gasteiger partial charge in [0.25, 0.3) is 0 Å². The Labute approximate surface area is 104 Å². The largest absolute Gasteiger partial charge is 0.478 e. The summed E-state index contributed by atoms with van der Waals surface area (Å²) < 4.78 is 10.3. The van der Waals surface area contributed by atoms with Crippen LogP contribution in [0.1, 0.15) is 33.3 Å². The van der Waals surface area contributed by atoms with Crippen LogP contribution in [0.5, 0.6) is 0 Å². The number of carboxylic acids is 1. The Hall–Kier alpha value is -2.08. The predicted octanol–water partition coefficient (Wildman–Crippen LogP) is 1.87. The number of carboxylic acid groups (broad SMARTS) is 1. The van der Waals surface area contributed by atoms with Gasteiger partial charge in [-0.3, -0.25) is 0 Å². The van der Waals surface area contributed by atoms with Gasteiger partial charge in [-0.2, -0.15) is 0 Å². The molecule has 0 amide bonds. The number of nitrogens with zero attached hydrogens (tertiary/aromatic N) is 1. The molecule has 0 aliphatic rings. The zero-order valence-electron chi connectivity index (χ0n) is 10.2. The zero-order valence-corrected chi connectivity index (χ0v) is 10.2. The SMILES string of the molecule is Cc1cc(CNCc2cc(C(=O)O)c(C)o2)no1. The third-order valence-electron chi connectivity index (χ3n) is 2.48. The van der Waals surface area contributed by atoms with Gasteiger partial charge in [-0.05, 0) is 19.9 Å². The van der Waals surface area contributed by atoms with E-state index < -0.39 is 5.97 Å². The molecular formula is C12H14N2O4. The highest BCUT2D eigenvalue weighted by atomic mass is 16.5. The van der Waals surface area contributed by atoms with E-state index in [4.69, 9.17) is 14.0 Å². The Morgan fingerprint density at radius 3 is 2.72 bits per heavy atom. The van der Waals surface area contributed by atoms with Crippen molar-refractivity contribution in [1.29, 1.82) is 0 Å². The van der Waals surface area contributed by atoms with E-state index in [1.165, 1.54) is 6.07 Å². The summed E-state index contributed by atoms with van der Waals surface area (Å²) in [4.78, 5) is 10.8. The smallest absolute Gasteiger partial charge is 0.339 e. The Morgan fingerprint density at radius 2 is 2.17 bits per heavy atom. The van der Waals surface area contributed by atoms with E-state index in [2.05, 4.69) is 10.5 Å². The van der Waals surface area contributed by atoms with Crippen molar-refractivity contribution in [2.75, 3.05) is 0 Å². The summed E-state index contributed by atoms with van der Waals surface area (Å²) in [7, 11) is 0. The van der Waals surface area contributed by atoms with Gasteiger partial charge in [-0.15, -0.1) is 0 Å². The Bertz CT molecular complexity index is 556. The molecule has 0 fully saturated rings. The number of furan rings is 1. The molecule has 0 aliphatic carbocycles. The lowest BCUT2D eigenvalue weighted by atomic mass is 10.2. The molecule has 6 heteroatoms. The molecule has 0 aliphatic heterocycles. The van der Waals surface area contributed by atoms with Gasteiger partial charge in [-0.25, -0.2) is 4.79 Å². The molecule has 0 bridgehead atoms. The first-order valence-electron chi connectivity index (χ1n) is 5.52. The molecule has 2 rings (SSSR count). The Kier molecular flexibility index (Phi) is 3.47. The van der Waals surface area contributed by atoms with E-state index in [1.54, 1.807) is 6.92 Å². The molecule has 0 saturated heterocycles. The quantitative estimate of drug-likeness (QED) is 0.842. The molecule has 2 heterocycles. The average molecular weight is 250 g/mol. The summed E-state index contributed by atoms with van der Waals surface area (Å²) in [6.45, 7) is 4.44. The average Bonchev–Trinajstić information content (AvgIpc) is 2.85. The van der Waals surface area contributed by atoms with Crippen molar-refractivity contribution in [1.82, 2.24) is 10.5 Å². The van der Waals surface area contributed by atoms with Crippen LogP contribution in [0.15, 0.2) is 21.1 Å². The van der Waals surface area contributed by atoms with Gasteiger partial charge >= 0.3 is 5.97 Å². The summed E-state index contributed by atoms with van der Waals surface area (Å²) in [5.74, 6) is 0.783. The van der Waals surface area contributed by atoms with E-state index >= 15 is 0 Å². The Morgan fingerprint density at radius 1 is 1.39 bits per heavy atom. The van der Waals surface area contributed by atoms with Crippen molar-refractivity contribution >= 4 is 5.97 Å². The second-order valence-corrected chi connectivity index (χ2v) is 4.02. The molecule has 0 atom stereocenters. The molecule has 2 N–H and O–H groups in total. The van der Waals surface area contributed by atoms with Crippen LogP contribution in [0.25, 0.3) is 0 Å². The number of hydrogen-bond donors (Lipinski definition) is 2. The molecule has 0 radical (unpaired) electrons. The summed E-state index contributed by atoms with van der Waals surface area (Å²) >= 11 is 0. The van der Waals surface area contributed by atoms with Crippen molar-refractivity contribution in [2.24, 2.45) is 0 Å². The third kappa shape index (κ3) is 2.78. The summed E-state index contributed by atoms with van der Waals surface area (Å²) in [5.41, 5.74) is 0.998. The number of nitrogens with one attached hydrogen (secondary N) is 1. The molecule has 0 saturated carbocycles. The second kappa shape index (κ2) is 5.05. The van der Waals surface area contributed by atoms with Gasteiger partial charge in [0.2, 0.25) is 0 Å².